The van der Waals surface area contributed by atoms with Crippen LogP contribution in [0.3, 0.4) is 0 Å². The van der Waals surface area contributed by atoms with Crippen molar-refractivity contribution in [2.24, 2.45) is 5.92 Å². The molecule has 0 spiro atoms. The van der Waals surface area contributed by atoms with Crippen molar-refractivity contribution < 1.29 is 9.21 Å². The molecule has 1 aromatic heterocycles. The molecule has 0 aliphatic carbocycles. The van der Waals surface area contributed by atoms with E-state index < -0.39 is 0 Å². The predicted octanol–water partition coefficient (Wildman–Crippen LogP) is 4.05. The Morgan fingerprint density at radius 3 is 2.78 bits per heavy atom. The largest absolute Gasteiger partial charge is 0.440 e. The number of oxazole rings is 1. The number of nitrogens with zero attached hydrogens (tertiary/aromatic N) is 3. The second-order valence-corrected chi connectivity index (χ2v) is 8.19. The fraction of sp³-hybridized carbons (Fsp3) is 0.636. The molecular formula is C22H31N3O2. The fourth-order valence-electron chi connectivity index (χ4n) is 4.58. The summed E-state index contributed by atoms with van der Waals surface area (Å²) >= 11 is 0. The van der Waals surface area contributed by atoms with Crippen molar-refractivity contribution in [2.45, 2.75) is 51.4 Å². The number of carbonyl (C=O) groups excluding carboxylic acids is 1. The molecule has 0 saturated carbocycles. The number of carbonyl (C=O) groups is 1. The summed E-state index contributed by atoms with van der Waals surface area (Å²) in [4.78, 5) is 22.1. The van der Waals surface area contributed by atoms with Gasteiger partial charge in [0, 0.05) is 19.5 Å². The molecule has 1 aromatic carbocycles. The van der Waals surface area contributed by atoms with E-state index in [-0.39, 0.29) is 5.92 Å². The molecule has 0 unspecified atom stereocenters. The Hall–Kier alpha value is -1.88. The van der Waals surface area contributed by atoms with Crippen LogP contribution in [0.2, 0.25) is 0 Å². The van der Waals surface area contributed by atoms with Gasteiger partial charge in [0.25, 0.3) is 0 Å². The highest BCUT2D eigenvalue weighted by molar-refractivity contribution is 5.76. The van der Waals surface area contributed by atoms with Crippen LogP contribution in [0.15, 0.2) is 28.7 Å². The lowest BCUT2D eigenvalue weighted by Crippen LogP contribution is -2.41. The quantitative estimate of drug-likeness (QED) is 0.798. The average Bonchev–Trinajstić information content (AvgIpc) is 3.14. The average molecular weight is 370 g/mol. The highest BCUT2D eigenvalue weighted by atomic mass is 16.3. The summed E-state index contributed by atoms with van der Waals surface area (Å²) in [6, 6.07) is 7.90. The predicted molar refractivity (Wildman–Crippen MR) is 107 cm³/mol. The molecule has 5 heteroatoms. The number of hydrogen-bond donors (Lipinski definition) is 0. The third kappa shape index (κ3) is 4.34. The van der Waals surface area contributed by atoms with Gasteiger partial charge in [-0.15, -0.1) is 0 Å². The minimum absolute atomic E-state index is 0.224. The van der Waals surface area contributed by atoms with Crippen LogP contribution in [0.1, 0.15) is 57.3 Å². The van der Waals surface area contributed by atoms with Crippen molar-refractivity contribution in [1.29, 1.82) is 0 Å². The molecule has 3 heterocycles. The number of likely N-dealkylation sites (tertiary alicyclic amines) is 2. The second-order valence-electron chi connectivity index (χ2n) is 8.19. The highest BCUT2D eigenvalue weighted by Gasteiger charge is 2.30. The third-order valence-corrected chi connectivity index (χ3v) is 6.14. The first-order chi connectivity index (χ1) is 13.2. The molecule has 1 atom stereocenters. The van der Waals surface area contributed by atoms with Crippen LogP contribution in [-0.2, 0) is 4.79 Å². The minimum Gasteiger partial charge on any atom is -0.440 e. The zero-order valence-electron chi connectivity index (χ0n) is 16.4. The number of amides is 1. The first-order valence-corrected chi connectivity index (χ1v) is 10.6. The molecule has 0 N–H and O–H groups in total. The van der Waals surface area contributed by atoms with Gasteiger partial charge in [0.05, 0.1) is 5.92 Å². The Labute approximate surface area is 161 Å². The lowest BCUT2D eigenvalue weighted by atomic mass is 9.91. The van der Waals surface area contributed by atoms with E-state index >= 15 is 0 Å². The first-order valence-electron chi connectivity index (χ1n) is 10.6. The van der Waals surface area contributed by atoms with Gasteiger partial charge in [-0.1, -0.05) is 19.1 Å². The van der Waals surface area contributed by atoms with Crippen LogP contribution >= 0.6 is 0 Å². The summed E-state index contributed by atoms with van der Waals surface area (Å²) in [5.74, 6) is 1.89. The molecule has 146 valence electrons. The van der Waals surface area contributed by atoms with E-state index in [1.807, 2.05) is 24.3 Å². The summed E-state index contributed by atoms with van der Waals surface area (Å²) in [6.45, 7) is 7.36. The number of para-hydroxylation sites is 2. The molecule has 2 saturated heterocycles. The highest BCUT2D eigenvalue weighted by Crippen LogP contribution is 2.30. The molecular weight excluding hydrogens is 338 g/mol. The maximum Gasteiger partial charge on any atom is 0.222 e. The minimum atomic E-state index is 0.224. The van der Waals surface area contributed by atoms with Crippen molar-refractivity contribution in [3.05, 3.63) is 30.2 Å². The topological polar surface area (TPSA) is 49.6 Å². The summed E-state index contributed by atoms with van der Waals surface area (Å²) in [7, 11) is 0. The monoisotopic (exact) mass is 369 g/mol. The van der Waals surface area contributed by atoms with E-state index in [0.29, 0.717) is 18.2 Å². The van der Waals surface area contributed by atoms with Gasteiger partial charge in [0.1, 0.15) is 5.52 Å². The van der Waals surface area contributed by atoms with Gasteiger partial charge >= 0.3 is 0 Å². The Morgan fingerprint density at radius 2 is 2.00 bits per heavy atom. The van der Waals surface area contributed by atoms with Crippen molar-refractivity contribution >= 4 is 17.0 Å². The smallest absolute Gasteiger partial charge is 0.222 e. The van der Waals surface area contributed by atoms with Gasteiger partial charge in [0.2, 0.25) is 5.91 Å². The summed E-state index contributed by atoms with van der Waals surface area (Å²) in [6.07, 6.45) is 6.33. The summed E-state index contributed by atoms with van der Waals surface area (Å²) in [5.41, 5.74) is 1.75. The maximum absolute atomic E-state index is 12.9. The maximum atomic E-state index is 12.9. The van der Waals surface area contributed by atoms with Crippen LogP contribution in [0.5, 0.6) is 0 Å². The molecule has 4 rings (SSSR count). The summed E-state index contributed by atoms with van der Waals surface area (Å²) < 4.78 is 5.97. The molecule has 0 bridgehead atoms. The fourth-order valence-corrected chi connectivity index (χ4v) is 4.58. The molecule has 1 amide bonds. The van der Waals surface area contributed by atoms with Gasteiger partial charge < -0.3 is 14.2 Å². The molecule has 2 aliphatic rings. The van der Waals surface area contributed by atoms with Crippen LogP contribution in [0.25, 0.3) is 11.1 Å². The van der Waals surface area contributed by atoms with Crippen molar-refractivity contribution in [3.63, 3.8) is 0 Å². The lowest BCUT2D eigenvalue weighted by Gasteiger charge is -2.35. The molecule has 0 radical (unpaired) electrons. The van der Waals surface area contributed by atoms with E-state index in [0.717, 1.165) is 68.9 Å². The Kier molecular flexibility index (Phi) is 5.77. The van der Waals surface area contributed by atoms with E-state index in [1.165, 1.54) is 13.0 Å². The third-order valence-electron chi connectivity index (χ3n) is 6.14. The lowest BCUT2D eigenvalue weighted by molar-refractivity contribution is -0.133. The van der Waals surface area contributed by atoms with Crippen molar-refractivity contribution in [2.75, 3.05) is 32.7 Å². The Morgan fingerprint density at radius 1 is 1.19 bits per heavy atom. The number of hydrogen-bond acceptors (Lipinski definition) is 4. The molecule has 2 aliphatic heterocycles. The van der Waals surface area contributed by atoms with Gasteiger partial charge in [-0.05, 0) is 69.8 Å². The van der Waals surface area contributed by atoms with Gasteiger partial charge in [-0.3, -0.25) is 4.79 Å². The standard InChI is InChI=1S/C22H31N3O2/c1-2-11-24-13-9-17(10-14-24)15-21(26)25-12-5-6-18(16-25)22-23-19-7-3-4-8-20(19)27-22/h3-4,7-8,17-18H,2,5-6,9-16H2,1H3/t18-/m1/s1. The molecule has 27 heavy (non-hydrogen) atoms. The van der Waals surface area contributed by atoms with E-state index in [1.54, 1.807) is 0 Å². The van der Waals surface area contributed by atoms with Crippen LogP contribution in [-0.4, -0.2) is 53.4 Å². The van der Waals surface area contributed by atoms with Gasteiger partial charge in [0.15, 0.2) is 11.5 Å². The normalized spacial score (nSPS) is 22.4. The molecule has 5 nitrogen and oxygen atoms in total. The zero-order valence-corrected chi connectivity index (χ0v) is 16.4. The van der Waals surface area contributed by atoms with E-state index in [9.17, 15) is 4.79 Å². The first kappa shape index (κ1) is 18.5. The summed E-state index contributed by atoms with van der Waals surface area (Å²) in [5, 5.41) is 0. The number of rotatable bonds is 5. The SMILES string of the molecule is CCCN1CCC(CC(=O)N2CCC[C@@H](c3nc4ccccc4o3)C2)CC1. The van der Waals surface area contributed by atoms with E-state index in [2.05, 4.69) is 21.7 Å². The van der Waals surface area contributed by atoms with Crippen molar-refractivity contribution in [3.8, 4) is 0 Å². The Balaban J connectivity index is 1.33. The van der Waals surface area contributed by atoms with Crippen LogP contribution < -0.4 is 0 Å². The van der Waals surface area contributed by atoms with E-state index in [4.69, 9.17) is 4.42 Å². The van der Waals surface area contributed by atoms with Gasteiger partial charge in [-0.2, -0.15) is 0 Å². The molecule has 2 fully saturated rings. The molecule has 2 aromatic rings. The number of piperidine rings is 2. The second kappa shape index (κ2) is 8.42. The van der Waals surface area contributed by atoms with Gasteiger partial charge in [-0.25, -0.2) is 4.98 Å². The zero-order chi connectivity index (χ0) is 18.6. The number of benzene rings is 1. The van der Waals surface area contributed by atoms with Crippen LogP contribution in [0, 0.1) is 5.92 Å². The van der Waals surface area contributed by atoms with Crippen LogP contribution in [0.4, 0.5) is 0 Å². The number of aromatic nitrogens is 1. The van der Waals surface area contributed by atoms with Crippen molar-refractivity contribution in [1.82, 2.24) is 14.8 Å². The Bertz CT molecular complexity index is 731. The number of fused-ring (bicyclic) bond motifs is 1.